The molecule has 4 heteroatoms. The molecule has 0 N–H and O–H groups in total. The number of hydrogen-bond acceptors (Lipinski definition) is 1. The molecule has 0 radical (unpaired) electrons. The van der Waals surface area contributed by atoms with E-state index in [-0.39, 0.29) is 0 Å². The Morgan fingerprint density at radius 3 is 2.30 bits per heavy atom. The van der Waals surface area contributed by atoms with Crippen molar-refractivity contribution in [1.29, 1.82) is 0 Å². The van der Waals surface area contributed by atoms with Crippen molar-refractivity contribution in [1.82, 2.24) is 0 Å². The lowest BCUT2D eigenvalue weighted by Crippen LogP contribution is -2.05. The molecule has 0 amide bonds. The predicted octanol–water partition coefficient (Wildman–Crippen LogP) is 6.41. The molecule has 0 bridgehead atoms. The van der Waals surface area contributed by atoms with Crippen LogP contribution >= 0.6 is 0 Å². The largest absolute Gasteiger partial charge is 0.416 e. The van der Waals surface area contributed by atoms with Gasteiger partial charge in [-0.15, -0.1) is 0 Å². The second kappa shape index (κ2) is 8.70. The molecular weight excluding hydrogens is 299 g/mol. The van der Waals surface area contributed by atoms with Gasteiger partial charge in [-0.05, 0) is 43.9 Å². The van der Waals surface area contributed by atoms with E-state index >= 15 is 0 Å². The monoisotopic (exact) mass is 323 g/mol. The number of aliphatic imine (C=N–C) groups is 1. The Bertz CT molecular complexity index is 563. The quantitative estimate of drug-likeness (QED) is 0.514. The summed E-state index contributed by atoms with van der Waals surface area (Å²) in [6, 6.07) is 4.97. The van der Waals surface area contributed by atoms with Crippen molar-refractivity contribution in [3.05, 3.63) is 59.8 Å². The van der Waals surface area contributed by atoms with Crippen LogP contribution in [0.25, 0.3) is 0 Å². The van der Waals surface area contributed by atoms with E-state index < -0.39 is 11.7 Å². The SMILES string of the molecule is C=CC(=N/C=C(\C)CCCC(C)C)c1ccc(C(F)(F)F)cc1. The second-order valence-electron chi connectivity index (χ2n) is 6.06. The van der Waals surface area contributed by atoms with E-state index in [1.807, 2.05) is 6.92 Å². The molecule has 0 saturated heterocycles. The first-order valence-corrected chi connectivity index (χ1v) is 7.77. The Labute approximate surface area is 136 Å². The van der Waals surface area contributed by atoms with E-state index in [9.17, 15) is 13.2 Å². The smallest absolute Gasteiger partial charge is 0.256 e. The number of halogens is 3. The fraction of sp³-hybridized carbons (Fsp3) is 0.421. The third-order valence-corrected chi connectivity index (χ3v) is 3.48. The van der Waals surface area contributed by atoms with Crippen molar-refractivity contribution in [2.45, 2.75) is 46.2 Å². The normalized spacial score (nSPS) is 13.5. The molecule has 0 heterocycles. The van der Waals surface area contributed by atoms with Crippen molar-refractivity contribution in [3.63, 3.8) is 0 Å². The lowest BCUT2D eigenvalue weighted by molar-refractivity contribution is -0.137. The molecule has 1 aromatic rings. The molecule has 0 spiro atoms. The van der Waals surface area contributed by atoms with Crippen LogP contribution in [-0.2, 0) is 6.18 Å². The van der Waals surface area contributed by atoms with Gasteiger partial charge in [0.15, 0.2) is 0 Å². The minimum atomic E-state index is -4.32. The van der Waals surface area contributed by atoms with E-state index in [0.29, 0.717) is 17.2 Å². The number of benzene rings is 1. The maximum absolute atomic E-state index is 12.6. The third kappa shape index (κ3) is 6.85. The zero-order valence-corrected chi connectivity index (χ0v) is 14.0. The molecule has 0 fully saturated rings. The maximum Gasteiger partial charge on any atom is 0.416 e. The Hall–Kier alpha value is -1.84. The molecule has 0 aliphatic heterocycles. The van der Waals surface area contributed by atoms with Crippen LogP contribution < -0.4 is 0 Å². The molecule has 0 saturated carbocycles. The molecule has 126 valence electrons. The minimum Gasteiger partial charge on any atom is -0.256 e. The molecule has 0 unspecified atom stereocenters. The summed E-state index contributed by atoms with van der Waals surface area (Å²) in [4.78, 5) is 4.36. The Morgan fingerprint density at radius 2 is 1.83 bits per heavy atom. The van der Waals surface area contributed by atoms with Crippen LogP contribution in [0.5, 0.6) is 0 Å². The highest BCUT2D eigenvalue weighted by Crippen LogP contribution is 2.29. The predicted molar refractivity (Wildman–Crippen MR) is 90.6 cm³/mol. The summed E-state index contributed by atoms with van der Waals surface area (Å²) >= 11 is 0. The van der Waals surface area contributed by atoms with Gasteiger partial charge in [0.05, 0.1) is 11.3 Å². The van der Waals surface area contributed by atoms with Crippen molar-refractivity contribution in [2.75, 3.05) is 0 Å². The average molecular weight is 323 g/mol. The summed E-state index contributed by atoms with van der Waals surface area (Å²) in [6.45, 7) is 10.1. The van der Waals surface area contributed by atoms with Crippen LogP contribution in [-0.4, -0.2) is 5.71 Å². The molecule has 1 rings (SSSR count). The fourth-order valence-electron chi connectivity index (χ4n) is 2.11. The number of alkyl halides is 3. The first-order chi connectivity index (χ1) is 10.7. The molecule has 1 nitrogen and oxygen atoms in total. The van der Waals surface area contributed by atoms with Gasteiger partial charge >= 0.3 is 6.18 Å². The minimum absolute atomic E-state index is 0.571. The standard InChI is InChI=1S/C19H24F3N/c1-5-18(23-13-15(4)8-6-7-14(2)3)16-9-11-17(12-10-16)19(20,21)22/h5,9-14H,1,6-8H2,2-4H3/b15-13+,23-18?. The second-order valence-corrected chi connectivity index (χ2v) is 6.06. The first kappa shape index (κ1) is 19.2. The van der Waals surface area contributed by atoms with E-state index in [1.165, 1.54) is 18.6 Å². The van der Waals surface area contributed by atoms with Crippen LogP contribution in [0.15, 0.2) is 53.7 Å². The summed E-state index contributed by atoms with van der Waals surface area (Å²) < 4.78 is 37.7. The zero-order chi connectivity index (χ0) is 17.5. The average Bonchev–Trinajstić information content (AvgIpc) is 2.47. The Balaban J connectivity index is 2.81. The van der Waals surface area contributed by atoms with Gasteiger partial charge in [-0.25, -0.2) is 0 Å². The van der Waals surface area contributed by atoms with Gasteiger partial charge in [-0.2, -0.15) is 13.2 Å². The van der Waals surface area contributed by atoms with Gasteiger partial charge in [0.2, 0.25) is 0 Å². The van der Waals surface area contributed by atoms with Gasteiger partial charge in [-0.1, -0.05) is 44.6 Å². The summed E-state index contributed by atoms with van der Waals surface area (Å²) in [5.41, 5.74) is 1.68. The summed E-state index contributed by atoms with van der Waals surface area (Å²) in [5.74, 6) is 0.683. The molecule has 0 aliphatic rings. The molecule has 23 heavy (non-hydrogen) atoms. The molecule has 0 atom stereocenters. The summed E-state index contributed by atoms with van der Waals surface area (Å²) in [7, 11) is 0. The van der Waals surface area contributed by atoms with Crippen LogP contribution in [0, 0.1) is 5.92 Å². The van der Waals surface area contributed by atoms with Crippen molar-refractivity contribution >= 4 is 5.71 Å². The zero-order valence-electron chi connectivity index (χ0n) is 14.0. The van der Waals surface area contributed by atoms with Crippen LogP contribution in [0.4, 0.5) is 13.2 Å². The molecule has 0 aliphatic carbocycles. The highest BCUT2D eigenvalue weighted by molar-refractivity contribution is 6.08. The lowest BCUT2D eigenvalue weighted by atomic mass is 10.0. The van der Waals surface area contributed by atoms with Gasteiger partial charge in [-0.3, -0.25) is 4.99 Å². The lowest BCUT2D eigenvalue weighted by Gasteiger charge is -2.07. The van der Waals surface area contributed by atoms with Gasteiger partial charge < -0.3 is 0 Å². The van der Waals surface area contributed by atoms with E-state index in [4.69, 9.17) is 0 Å². The van der Waals surface area contributed by atoms with E-state index in [2.05, 4.69) is 25.4 Å². The van der Waals surface area contributed by atoms with Gasteiger partial charge in [0.25, 0.3) is 0 Å². The number of allylic oxidation sites excluding steroid dienone is 2. The molecule has 1 aromatic carbocycles. The van der Waals surface area contributed by atoms with Crippen LogP contribution in [0.2, 0.25) is 0 Å². The molecule has 0 aromatic heterocycles. The maximum atomic E-state index is 12.6. The van der Waals surface area contributed by atoms with Crippen LogP contribution in [0.1, 0.15) is 51.2 Å². The van der Waals surface area contributed by atoms with Gasteiger partial charge in [0, 0.05) is 11.8 Å². The van der Waals surface area contributed by atoms with Crippen molar-refractivity contribution in [3.8, 4) is 0 Å². The first-order valence-electron chi connectivity index (χ1n) is 7.77. The highest BCUT2D eigenvalue weighted by Gasteiger charge is 2.29. The van der Waals surface area contributed by atoms with E-state index in [1.54, 1.807) is 12.3 Å². The summed E-state index contributed by atoms with van der Waals surface area (Å²) in [6.07, 6.45) is 2.26. The van der Waals surface area contributed by atoms with Gasteiger partial charge in [0.1, 0.15) is 0 Å². The number of rotatable bonds is 7. The summed E-state index contributed by atoms with van der Waals surface area (Å²) in [5, 5.41) is 0. The third-order valence-electron chi connectivity index (χ3n) is 3.48. The topological polar surface area (TPSA) is 12.4 Å². The number of hydrogen-bond donors (Lipinski definition) is 0. The van der Waals surface area contributed by atoms with Crippen molar-refractivity contribution < 1.29 is 13.2 Å². The van der Waals surface area contributed by atoms with Crippen molar-refractivity contribution in [2.24, 2.45) is 10.9 Å². The van der Waals surface area contributed by atoms with E-state index in [0.717, 1.165) is 30.5 Å². The Morgan fingerprint density at radius 1 is 1.22 bits per heavy atom. The highest BCUT2D eigenvalue weighted by atomic mass is 19.4. The van der Waals surface area contributed by atoms with Crippen LogP contribution in [0.3, 0.4) is 0 Å². The fourth-order valence-corrected chi connectivity index (χ4v) is 2.11. The molecular formula is C19H24F3N. The Kier molecular flexibility index (Phi) is 7.27. The number of nitrogens with zero attached hydrogens (tertiary/aromatic N) is 1.